The van der Waals surface area contributed by atoms with Crippen LogP contribution < -0.4 is 21.9 Å². The first-order chi connectivity index (χ1) is 9.06. The number of aromatic amines is 2. The van der Waals surface area contributed by atoms with Crippen molar-refractivity contribution in [3.63, 3.8) is 0 Å². The third kappa shape index (κ3) is 3.52. The van der Waals surface area contributed by atoms with Gasteiger partial charge in [0.1, 0.15) is 5.69 Å². The molecule has 0 unspecified atom stereocenters. The summed E-state index contributed by atoms with van der Waals surface area (Å²) in [5, 5.41) is 5.73. The van der Waals surface area contributed by atoms with Crippen molar-refractivity contribution in [2.75, 3.05) is 38.0 Å². The van der Waals surface area contributed by atoms with Gasteiger partial charge >= 0.3 is 5.69 Å². The quantitative estimate of drug-likeness (QED) is 0.517. The maximum atomic E-state index is 11.9. The second kappa shape index (κ2) is 5.81. The van der Waals surface area contributed by atoms with Gasteiger partial charge in [0.25, 0.3) is 5.56 Å². The van der Waals surface area contributed by atoms with E-state index in [1.54, 1.807) is 6.92 Å². The first-order valence-corrected chi connectivity index (χ1v) is 6.12. The number of anilines is 1. The number of carbonyl (C=O) groups excluding carboxylic acids is 1. The van der Waals surface area contributed by atoms with Gasteiger partial charge in [0.05, 0.1) is 6.54 Å². The summed E-state index contributed by atoms with van der Waals surface area (Å²) in [6, 6.07) is 0. The van der Waals surface area contributed by atoms with E-state index < -0.39 is 11.2 Å². The average molecular weight is 267 g/mol. The van der Waals surface area contributed by atoms with Crippen LogP contribution in [0.4, 0.5) is 5.69 Å². The molecule has 8 heteroatoms. The van der Waals surface area contributed by atoms with Crippen LogP contribution >= 0.6 is 0 Å². The van der Waals surface area contributed by atoms with Crippen LogP contribution in [0.25, 0.3) is 0 Å². The van der Waals surface area contributed by atoms with Crippen molar-refractivity contribution in [2.45, 2.75) is 6.92 Å². The lowest BCUT2D eigenvalue weighted by molar-refractivity contribution is -0.117. The molecule has 0 spiro atoms. The largest absolute Gasteiger partial charge is 0.326 e. The Hall–Kier alpha value is -1.93. The lowest BCUT2D eigenvalue weighted by Gasteiger charge is -2.26. The Balaban J connectivity index is 2.02. The molecule has 104 valence electrons. The number of hydrogen-bond acceptors (Lipinski definition) is 5. The van der Waals surface area contributed by atoms with Gasteiger partial charge in [-0.1, -0.05) is 0 Å². The Bertz CT molecular complexity index is 570. The van der Waals surface area contributed by atoms with Gasteiger partial charge in [-0.15, -0.1) is 0 Å². The molecule has 0 aliphatic carbocycles. The zero-order valence-corrected chi connectivity index (χ0v) is 10.7. The predicted octanol–water partition coefficient (Wildman–Crippen LogP) is -1.78. The highest BCUT2D eigenvalue weighted by Crippen LogP contribution is 2.02. The van der Waals surface area contributed by atoms with Gasteiger partial charge in [-0.05, 0) is 6.92 Å². The fourth-order valence-electron chi connectivity index (χ4n) is 2.00. The van der Waals surface area contributed by atoms with Gasteiger partial charge in [-0.2, -0.15) is 0 Å². The predicted molar refractivity (Wildman–Crippen MR) is 70.4 cm³/mol. The smallest absolute Gasteiger partial charge is 0.319 e. The second-order valence-corrected chi connectivity index (χ2v) is 4.48. The Labute approximate surface area is 109 Å². The van der Waals surface area contributed by atoms with Crippen molar-refractivity contribution >= 4 is 11.6 Å². The Kier molecular flexibility index (Phi) is 4.13. The van der Waals surface area contributed by atoms with E-state index in [4.69, 9.17) is 0 Å². The van der Waals surface area contributed by atoms with Crippen molar-refractivity contribution in [2.24, 2.45) is 0 Å². The third-order valence-electron chi connectivity index (χ3n) is 2.97. The van der Waals surface area contributed by atoms with E-state index in [1.165, 1.54) is 0 Å². The number of aromatic nitrogens is 2. The standard InChI is InChI=1S/C11H17N5O3/c1-7-9(10(18)15-11(19)13-7)14-8(17)6-16-4-2-12-3-5-16/h12H,2-6H2,1H3,(H,14,17)(H2,13,15,18,19). The minimum absolute atomic E-state index is 0.0970. The molecule has 8 nitrogen and oxygen atoms in total. The normalized spacial score (nSPS) is 16.3. The minimum atomic E-state index is -0.588. The topological polar surface area (TPSA) is 110 Å². The van der Waals surface area contributed by atoms with Gasteiger partial charge < -0.3 is 15.6 Å². The van der Waals surface area contributed by atoms with E-state index >= 15 is 0 Å². The van der Waals surface area contributed by atoms with Crippen molar-refractivity contribution < 1.29 is 4.79 Å². The summed E-state index contributed by atoms with van der Waals surface area (Å²) in [7, 11) is 0. The van der Waals surface area contributed by atoms with Crippen LogP contribution in [0.5, 0.6) is 0 Å². The van der Waals surface area contributed by atoms with Crippen molar-refractivity contribution in [3.8, 4) is 0 Å². The van der Waals surface area contributed by atoms with Gasteiger partial charge in [0.15, 0.2) is 0 Å². The lowest BCUT2D eigenvalue weighted by atomic mass is 10.3. The van der Waals surface area contributed by atoms with Crippen LogP contribution in [0.2, 0.25) is 0 Å². The van der Waals surface area contributed by atoms with Gasteiger partial charge in [0, 0.05) is 31.9 Å². The number of hydrogen-bond donors (Lipinski definition) is 4. The maximum Gasteiger partial charge on any atom is 0.326 e. The molecular weight excluding hydrogens is 250 g/mol. The molecule has 19 heavy (non-hydrogen) atoms. The molecule has 0 radical (unpaired) electrons. The first-order valence-electron chi connectivity index (χ1n) is 6.12. The van der Waals surface area contributed by atoms with Crippen molar-refractivity contribution in [1.29, 1.82) is 0 Å². The fourth-order valence-corrected chi connectivity index (χ4v) is 2.00. The first kappa shape index (κ1) is 13.5. The number of aryl methyl sites for hydroxylation is 1. The Morgan fingerprint density at radius 3 is 2.58 bits per heavy atom. The Morgan fingerprint density at radius 2 is 1.95 bits per heavy atom. The summed E-state index contributed by atoms with van der Waals surface area (Å²) in [6.45, 7) is 5.11. The molecular formula is C11H17N5O3. The van der Waals surface area contributed by atoms with Crippen LogP contribution in [0.3, 0.4) is 0 Å². The minimum Gasteiger partial charge on any atom is -0.319 e. The third-order valence-corrected chi connectivity index (χ3v) is 2.97. The number of amides is 1. The zero-order valence-electron chi connectivity index (χ0n) is 10.7. The lowest BCUT2D eigenvalue weighted by Crippen LogP contribution is -2.46. The summed E-state index contributed by atoms with van der Waals surface area (Å²) in [5.74, 6) is -0.262. The summed E-state index contributed by atoms with van der Waals surface area (Å²) in [5.41, 5.74) is -0.723. The van der Waals surface area contributed by atoms with E-state index in [0.29, 0.717) is 5.69 Å². The zero-order chi connectivity index (χ0) is 13.8. The number of piperazine rings is 1. The number of H-pyrrole nitrogens is 2. The molecule has 4 N–H and O–H groups in total. The summed E-state index contributed by atoms with van der Waals surface area (Å²) >= 11 is 0. The van der Waals surface area contributed by atoms with Crippen LogP contribution in [0, 0.1) is 6.92 Å². The average Bonchev–Trinajstić information content (AvgIpc) is 2.35. The number of nitrogens with zero attached hydrogens (tertiary/aromatic N) is 1. The number of rotatable bonds is 3. The highest BCUT2D eigenvalue weighted by molar-refractivity contribution is 5.92. The molecule has 2 rings (SSSR count). The molecule has 0 saturated carbocycles. The molecule has 2 heterocycles. The Morgan fingerprint density at radius 1 is 1.26 bits per heavy atom. The van der Waals surface area contributed by atoms with Crippen LogP contribution in [-0.4, -0.2) is 53.5 Å². The van der Waals surface area contributed by atoms with Crippen molar-refractivity contribution in [1.82, 2.24) is 20.2 Å². The van der Waals surface area contributed by atoms with Crippen LogP contribution in [-0.2, 0) is 4.79 Å². The number of nitrogens with one attached hydrogen (secondary N) is 4. The van der Waals surface area contributed by atoms with E-state index in [0.717, 1.165) is 26.2 Å². The van der Waals surface area contributed by atoms with E-state index in [9.17, 15) is 14.4 Å². The molecule has 0 bridgehead atoms. The molecule has 1 aromatic heterocycles. The summed E-state index contributed by atoms with van der Waals surface area (Å²) < 4.78 is 0. The molecule has 1 fully saturated rings. The molecule has 1 aliphatic rings. The molecule has 1 amide bonds. The van der Waals surface area contributed by atoms with Gasteiger partial charge in [0.2, 0.25) is 5.91 Å². The summed E-state index contributed by atoms with van der Waals surface area (Å²) in [6.07, 6.45) is 0. The van der Waals surface area contributed by atoms with Gasteiger partial charge in [-0.25, -0.2) is 4.79 Å². The van der Waals surface area contributed by atoms with Gasteiger partial charge in [-0.3, -0.25) is 19.5 Å². The van der Waals surface area contributed by atoms with E-state index in [1.807, 2.05) is 4.90 Å². The summed E-state index contributed by atoms with van der Waals surface area (Å²) in [4.78, 5) is 41.0. The monoisotopic (exact) mass is 267 g/mol. The van der Waals surface area contributed by atoms with E-state index in [-0.39, 0.29) is 18.1 Å². The van der Waals surface area contributed by atoms with Crippen LogP contribution in [0.1, 0.15) is 5.69 Å². The molecule has 1 aliphatic heterocycles. The second-order valence-electron chi connectivity index (χ2n) is 4.48. The van der Waals surface area contributed by atoms with Crippen molar-refractivity contribution in [3.05, 3.63) is 26.5 Å². The maximum absolute atomic E-state index is 11.9. The molecule has 0 atom stereocenters. The van der Waals surface area contributed by atoms with E-state index in [2.05, 4.69) is 20.6 Å². The highest BCUT2D eigenvalue weighted by Gasteiger charge is 2.15. The van der Waals surface area contributed by atoms with Crippen LogP contribution in [0.15, 0.2) is 9.59 Å². The SMILES string of the molecule is Cc1[nH]c(=O)[nH]c(=O)c1NC(=O)CN1CCNCC1. The molecule has 1 aromatic rings. The molecule has 1 saturated heterocycles. The fraction of sp³-hybridized carbons (Fsp3) is 0.545. The molecule has 0 aromatic carbocycles. The highest BCUT2D eigenvalue weighted by atomic mass is 16.2. The number of carbonyl (C=O) groups is 1.